The Hall–Kier alpha value is -8.87. The van der Waals surface area contributed by atoms with Crippen LogP contribution in [0.5, 0.6) is 0 Å². The Morgan fingerprint density at radius 2 is 0.754 bits per heavy atom. The Morgan fingerprint density at radius 1 is 0.262 bits per heavy atom. The molecule has 302 valence electrons. The molecule has 3 aromatic heterocycles. The van der Waals surface area contributed by atoms with Crippen LogP contribution >= 0.6 is 0 Å². The van der Waals surface area contributed by atoms with Crippen LogP contribution < -0.4 is 0 Å². The fourth-order valence-electron chi connectivity index (χ4n) is 9.43. The van der Waals surface area contributed by atoms with E-state index in [1.807, 2.05) is 54.6 Å². The van der Waals surface area contributed by atoms with Crippen molar-refractivity contribution in [1.82, 2.24) is 24.9 Å². The molecule has 0 N–H and O–H groups in total. The Morgan fingerprint density at radius 3 is 1.40 bits per heavy atom. The van der Waals surface area contributed by atoms with Crippen LogP contribution in [0.1, 0.15) is 0 Å². The van der Waals surface area contributed by atoms with E-state index >= 15 is 0 Å². The Labute approximate surface area is 373 Å². The molecular weight excluding hydrogens is 795 g/mol. The van der Waals surface area contributed by atoms with Crippen LogP contribution in [0.3, 0.4) is 0 Å². The van der Waals surface area contributed by atoms with E-state index in [1.54, 1.807) is 0 Å². The normalized spacial score (nSPS) is 11.7. The Kier molecular flexibility index (Phi) is 8.42. The Balaban J connectivity index is 1.03. The SMILES string of the molecule is c1ccc(-c2nc(-c3ccc(-c4cccc5c4oc4ccccc45)cc3)cc(-c3nc(-c4cc5ccccc5c5ccccc45)nc(-c4cc5ccccc5c5ccccc45)n3)n2)cc1. The minimum absolute atomic E-state index is 0.452. The summed E-state index contributed by atoms with van der Waals surface area (Å²) in [6, 6.07) is 73.4. The zero-order valence-electron chi connectivity index (χ0n) is 34.9. The number of nitrogens with zero attached hydrogens (tertiary/aromatic N) is 5. The molecule has 3 heterocycles. The average molecular weight is 830 g/mol. The van der Waals surface area contributed by atoms with Crippen molar-refractivity contribution in [3.63, 3.8) is 0 Å². The molecule has 0 saturated carbocycles. The first-order chi connectivity index (χ1) is 32.2. The number of para-hydroxylation sites is 2. The van der Waals surface area contributed by atoms with Crippen LogP contribution in [0.25, 0.3) is 133 Å². The summed E-state index contributed by atoms with van der Waals surface area (Å²) in [6.07, 6.45) is 0. The maximum atomic E-state index is 6.42. The van der Waals surface area contributed by atoms with Crippen molar-refractivity contribution in [1.29, 1.82) is 0 Å². The van der Waals surface area contributed by atoms with E-state index in [0.717, 1.165) is 93.3 Å². The molecular formula is C59H35N5O. The summed E-state index contributed by atoms with van der Waals surface area (Å²) in [4.78, 5) is 26.5. The van der Waals surface area contributed by atoms with Crippen molar-refractivity contribution in [2.24, 2.45) is 0 Å². The number of fused-ring (bicyclic) bond motifs is 9. The van der Waals surface area contributed by atoms with Crippen molar-refractivity contribution in [3.8, 4) is 68.1 Å². The zero-order valence-corrected chi connectivity index (χ0v) is 34.9. The van der Waals surface area contributed by atoms with Gasteiger partial charge >= 0.3 is 0 Å². The van der Waals surface area contributed by atoms with Crippen LogP contribution in [0.2, 0.25) is 0 Å². The summed E-state index contributed by atoms with van der Waals surface area (Å²) in [6.45, 7) is 0. The molecule has 0 radical (unpaired) electrons. The third-order valence-electron chi connectivity index (χ3n) is 12.5. The highest BCUT2D eigenvalue weighted by Gasteiger charge is 2.21. The van der Waals surface area contributed by atoms with Gasteiger partial charge in [-0.1, -0.05) is 188 Å². The molecule has 65 heavy (non-hydrogen) atoms. The van der Waals surface area contributed by atoms with E-state index < -0.39 is 0 Å². The molecule has 0 saturated heterocycles. The van der Waals surface area contributed by atoms with E-state index in [1.165, 1.54) is 10.8 Å². The van der Waals surface area contributed by atoms with Gasteiger partial charge in [-0.3, -0.25) is 0 Å². The van der Waals surface area contributed by atoms with E-state index in [-0.39, 0.29) is 0 Å². The molecule has 10 aromatic carbocycles. The number of aromatic nitrogens is 5. The van der Waals surface area contributed by atoms with E-state index in [9.17, 15) is 0 Å². The third-order valence-corrected chi connectivity index (χ3v) is 12.5. The van der Waals surface area contributed by atoms with Crippen LogP contribution in [-0.2, 0) is 0 Å². The monoisotopic (exact) mass is 829 g/mol. The van der Waals surface area contributed by atoms with Crippen LogP contribution in [0.4, 0.5) is 0 Å². The summed E-state index contributed by atoms with van der Waals surface area (Å²) < 4.78 is 6.42. The standard InChI is InChI=1S/C59H35N5O/c1-2-15-38(16-3-1)56-60-52(37-31-29-36(30-32-37)43-26-14-27-49-48-25-12-13-28-54(48)65-55(43)49)35-53(61-56)59-63-57(50-33-39-17-4-6-19-41(39)44-21-8-10-23-46(44)50)62-58(64-59)51-34-40-18-5-7-20-42(40)45-22-9-11-24-47(45)51/h1-35H. The average Bonchev–Trinajstić information content (AvgIpc) is 3.77. The predicted octanol–water partition coefficient (Wildman–Crippen LogP) is 15.2. The summed E-state index contributed by atoms with van der Waals surface area (Å²) in [5.74, 6) is 2.16. The number of hydrogen-bond donors (Lipinski definition) is 0. The van der Waals surface area contributed by atoms with E-state index in [4.69, 9.17) is 29.3 Å². The molecule has 6 nitrogen and oxygen atoms in total. The second-order valence-electron chi connectivity index (χ2n) is 16.4. The molecule has 0 unspecified atom stereocenters. The van der Waals surface area contributed by atoms with Gasteiger partial charge in [-0.15, -0.1) is 0 Å². The molecule has 0 aliphatic heterocycles. The van der Waals surface area contributed by atoms with Crippen molar-refractivity contribution in [2.75, 3.05) is 0 Å². The number of hydrogen-bond acceptors (Lipinski definition) is 6. The smallest absolute Gasteiger partial charge is 0.182 e. The lowest BCUT2D eigenvalue weighted by atomic mass is 9.96. The van der Waals surface area contributed by atoms with E-state index in [0.29, 0.717) is 29.0 Å². The van der Waals surface area contributed by atoms with Crippen molar-refractivity contribution in [3.05, 3.63) is 212 Å². The molecule has 0 aliphatic carbocycles. The molecule has 0 bridgehead atoms. The molecule has 0 aliphatic rings. The van der Waals surface area contributed by atoms with E-state index in [2.05, 4.69) is 158 Å². The molecule has 0 spiro atoms. The maximum absolute atomic E-state index is 6.42. The summed E-state index contributed by atoms with van der Waals surface area (Å²) in [5.41, 5.74) is 8.82. The van der Waals surface area contributed by atoms with Gasteiger partial charge < -0.3 is 4.42 Å². The lowest BCUT2D eigenvalue weighted by molar-refractivity contribution is 0.670. The van der Waals surface area contributed by atoms with Gasteiger partial charge in [0.15, 0.2) is 23.3 Å². The maximum Gasteiger partial charge on any atom is 0.182 e. The number of benzene rings is 10. The summed E-state index contributed by atoms with van der Waals surface area (Å²) in [7, 11) is 0. The highest BCUT2D eigenvalue weighted by atomic mass is 16.3. The van der Waals surface area contributed by atoms with Crippen LogP contribution in [-0.4, -0.2) is 24.9 Å². The molecule has 6 heteroatoms. The minimum Gasteiger partial charge on any atom is -0.455 e. The predicted molar refractivity (Wildman–Crippen MR) is 265 cm³/mol. The molecule has 0 amide bonds. The van der Waals surface area contributed by atoms with Gasteiger partial charge in [0.1, 0.15) is 16.9 Å². The van der Waals surface area contributed by atoms with Crippen molar-refractivity contribution in [2.45, 2.75) is 0 Å². The zero-order chi connectivity index (χ0) is 42.8. The largest absolute Gasteiger partial charge is 0.455 e. The van der Waals surface area contributed by atoms with Gasteiger partial charge in [0, 0.05) is 38.6 Å². The Bertz CT molecular complexity index is 3870. The van der Waals surface area contributed by atoms with Gasteiger partial charge in [0.25, 0.3) is 0 Å². The van der Waals surface area contributed by atoms with Gasteiger partial charge in [-0.05, 0) is 72.9 Å². The summed E-state index contributed by atoms with van der Waals surface area (Å²) in [5, 5.41) is 11.2. The summed E-state index contributed by atoms with van der Waals surface area (Å²) >= 11 is 0. The topological polar surface area (TPSA) is 77.6 Å². The van der Waals surface area contributed by atoms with Gasteiger partial charge in [0.05, 0.1) is 5.69 Å². The highest BCUT2D eigenvalue weighted by Crippen LogP contribution is 2.40. The number of furan rings is 1. The lowest BCUT2D eigenvalue weighted by Gasteiger charge is -2.14. The third kappa shape index (κ3) is 6.22. The second-order valence-corrected chi connectivity index (χ2v) is 16.4. The quantitative estimate of drug-likeness (QED) is 0.155. The molecule has 13 rings (SSSR count). The lowest BCUT2D eigenvalue weighted by Crippen LogP contribution is -2.04. The number of rotatable bonds is 6. The van der Waals surface area contributed by atoms with Gasteiger partial charge in [-0.25, -0.2) is 24.9 Å². The first kappa shape index (κ1) is 36.8. The van der Waals surface area contributed by atoms with Gasteiger partial charge in [-0.2, -0.15) is 0 Å². The first-order valence-corrected chi connectivity index (χ1v) is 21.7. The fraction of sp³-hybridized carbons (Fsp3) is 0. The fourth-order valence-corrected chi connectivity index (χ4v) is 9.43. The molecule has 0 fully saturated rings. The highest BCUT2D eigenvalue weighted by molar-refractivity contribution is 6.15. The van der Waals surface area contributed by atoms with Crippen LogP contribution in [0.15, 0.2) is 217 Å². The van der Waals surface area contributed by atoms with Crippen molar-refractivity contribution < 1.29 is 4.42 Å². The minimum atomic E-state index is 0.452. The molecule has 13 aromatic rings. The van der Waals surface area contributed by atoms with Gasteiger partial charge in [0.2, 0.25) is 0 Å². The van der Waals surface area contributed by atoms with Crippen molar-refractivity contribution >= 4 is 65.0 Å². The molecule has 0 atom stereocenters. The first-order valence-electron chi connectivity index (χ1n) is 21.7. The van der Waals surface area contributed by atoms with Crippen LogP contribution in [0, 0.1) is 0 Å². The second kappa shape index (κ2) is 14.9.